The number of benzene rings is 1. The van der Waals surface area contributed by atoms with Gasteiger partial charge in [-0.15, -0.1) is 23.2 Å². The maximum Gasteiger partial charge on any atom is 0.225 e. The summed E-state index contributed by atoms with van der Waals surface area (Å²) in [6, 6.07) is 8.74. The largest absolute Gasteiger partial charge is 0.338 e. The van der Waals surface area contributed by atoms with E-state index in [2.05, 4.69) is 21.6 Å². The Labute approximate surface area is 191 Å². The molecular formula is C21H22Cl2N4O3S. The second-order valence-electron chi connectivity index (χ2n) is 8.49. The fraction of sp³-hybridized carbons (Fsp3) is 0.476. The second kappa shape index (κ2) is 7.80. The number of hydrogen-bond acceptors (Lipinski definition) is 5. The fourth-order valence-electron chi connectivity index (χ4n) is 4.16. The number of aromatic nitrogens is 2. The summed E-state index contributed by atoms with van der Waals surface area (Å²) in [5.74, 6) is -0.973. The molecule has 2 saturated carbocycles. The van der Waals surface area contributed by atoms with Crippen molar-refractivity contribution in [2.24, 2.45) is 5.92 Å². The van der Waals surface area contributed by atoms with Crippen molar-refractivity contribution in [3.63, 3.8) is 0 Å². The zero-order valence-electron chi connectivity index (χ0n) is 16.9. The van der Waals surface area contributed by atoms with Gasteiger partial charge in [-0.2, -0.15) is 10.4 Å². The van der Waals surface area contributed by atoms with Crippen molar-refractivity contribution in [1.29, 1.82) is 5.26 Å². The molecule has 1 heterocycles. The molecule has 2 aliphatic rings. The average molecular weight is 481 g/mol. The number of carbonyl (C=O) groups is 1. The molecule has 7 nitrogen and oxygen atoms in total. The number of rotatable bonds is 5. The van der Waals surface area contributed by atoms with Crippen LogP contribution in [0.5, 0.6) is 0 Å². The minimum Gasteiger partial charge on any atom is -0.338 e. The summed E-state index contributed by atoms with van der Waals surface area (Å²) < 4.78 is 22.5. The van der Waals surface area contributed by atoms with Crippen LogP contribution in [0.1, 0.15) is 43.7 Å². The van der Waals surface area contributed by atoms with Crippen molar-refractivity contribution >= 4 is 38.9 Å². The number of aromatic amines is 1. The number of sulfone groups is 1. The number of H-pyrrole nitrogens is 1. The summed E-state index contributed by atoms with van der Waals surface area (Å²) >= 11 is 12.8. The van der Waals surface area contributed by atoms with Crippen molar-refractivity contribution in [2.45, 2.75) is 52.8 Å². The zero-order valence-corrected chi connectivity index (χ0v) is 19.2. The van der Waals surface area contributed by atoms with E-state index in [1.807, 2.05) is 0 Å². The van der Waals surface area contributed by atoms with Gasteiger partial charge in [0.2, 0.25) is 5.91 Å². The highest BCUT2D eigenvalue weighted by molar-refractivity contribution is 7.90. The lowest BCUT2D eigenvalue weighted by Crippen LogP contribution is -2.45. The Kier molecular flexibility index (Phi) is 5.57. The van der Waals surface area contributed by atoms with Gasteiger partial charge < -0.3 is 5.32 Å². The third-order valence-corrected chi connectivity index (χ3v) is 7.94. The number of halogens is 2. The van der Waals surface area contributed by atoms with Crippen LogP contribution in [0.2, 0.25) is 0 Å². The van der Waals surface area contributed by atoms with E-state index in [4.69, 9.17) is 23.2 Å². The van der Waals surface area contributed by atoms with Gasteiger partial charge in [0.15, 0.2) is 9.84 Å². The molecule has 0 spiro atoms. The van der Waals surface area contributed by atoms with E-state index in [1.165, 1.54) is 0 Å². The van der Waals surface area contributed by atoms with Crippen LogP contribution < -0.4 is 5.32 Å². The van der Waals surface area contributed by atoms with Crippen molar-refractivity contribution < 1.29 is 13.2 Å². The van der Waals surface area contributed by atoms with Crippen LogP contribution in [0.4, 0.5) is 0 Å². The summed E-state index contributed by atoms with van der Waals surface area (Å²) in [4.78, 5) is 13.4. The van der Waals surface area contributed by atoms with E-state index in [0.717, 1.165) is 23.1 Å². The first-order valence-electron chi connectivity index (χ1n) is 9.98. The molecule has 10 heteroatoms. The predicted octanol–water partition coefficient (Wildman–Crippen LogP) is 3.71. The number of amides is 1. The summed E-state index contributed by atoms with van der Waals surface area (Å²) in [7, 11) is -3.30. The van der Waals surface area contributed by atoms with Crippen LogP contribution in [0.25, 0.3) is 11.1 Å². The molecule has 0 unspecified atom stereocenters. The highest BCUT2D eigenvalue weighted by atomic mass is 35.5. The Hall–Kier alpha value is -2.08. The van der Waals surface area contributed by atoms with Crippen molar-refractivity contribution in [1.82, 2.24) is 15.5 Å². The molecule has 0 saturated heterocycles. The molecule has 0 bridgehead atoms. The number of alkyl halides is 2. The minimum absolute atomic E-state index is 0.216. The zero-order chi connectivity index (χ0) is 22.4. The van der Waals surface area contributed by atoms with Crippen LogP contribution in [-0.4, -0.2) is 40.7 Å². The molecule has 31 heavy (non-hydrogen) atoms. The van der Waals surface area contributed by atoms with E-state index >= 15 is 0 Å². The molecule has 164 valence electrons. The molecule has 2 fully saturated rings. The van der Waals surface area contributed by atoms with Gasteiger partial charge in [0, 0.05) is 29.3 Å². The molecule has 0 aliphatic heterocycles. The summed E-state index contributed by atoms with van der Waals surface area (Å²) in [6.07, 6.45) is 5.46. The lowest BCUT2D eigenvalue weighted by Gasteiger charge is -2.37. The standard InChI is InChI=1S/C21H22Cl2N4O3S/c1-31(29,30)14-4-2-13(3-5-14)17-11-25-27-18(17)15-6-7-21(22,23)10-16(15)19(28)26-20(12-24)8-9-20/h2-5,11,15-16H,6-10H2,1H3,(H,25,27)(H,26,28)/t15-,16-/m1/s1. The molecule has 2 N–H and O–H groups in total. The van der Waals surface area contributed by atoms with Crippen LogP contribution in [-0.2, 0) is 14.6 Å². The highest BCUT2D eigenvalue weighted by Crippen LogP contribution is 2.49. The number of nitrogens with zero attached hydrogens (tertiary/aromatic N) is 2. The number of nitrogens with one attached hydrogen (secondary N) is 2. The third-order valence-electron chi connectivity index (χ3n) is 6.12. The van der Waals surface area contributed by atoms with Gasteiger partial charge in [-0.05, 0) is 49.8 Å². The van der Waals surface area contributed by atoms with Gasteiger partial charge in [0.05, 0.1) is 17.2 Å². The molecule has 1 aromatic heterocycles. The van der Waals surface area contributed by atoms with Crippen molar-refractivity contribution in [3.8, 4) is 17.2 Å². The second-order valence-corrected chi connectivity index (χ2v) is 12.1. The first-order valence-corrected chi connectivity index (χ1v) is 12.6. The lowest BCUT2D eigenvalue weighted by molar-refractivity contribution is -0.127. The van der Waals surface area contributed by atoms with Gasteiger partial charge in [0.1, 0.15) is 9.87 Å². The van der Waals surface area contributed by atoms with E-state index < -0.39 is 25.6 Å². The van der Waals surface area contributed by atoms with Crippen molar-refractivity contribution in [2.75, 3.05) is 6.26 Å². The van der Waals surface area contributed by atoms with Gasteiger partial charge in [-0.3, -0.25) is 9.89 Å². The summed E-state index contributed by atoms with van der Waals surface area (Å²) in [5.41, 5.74) is 1.58. The smallest absolute Gasteiger partial charge is 0.225 e. The highest BCUT2D eigenvalue weighted by Gasteiger charge is 2.49. The quantitative estimate of drug-likeness (QED) is 0.632. The summed E-state index contributed by atoms with van der Waals surface area (Å²) in [5, 5.41) is 19.4. The maximum absolute atomic E-state index is 13.1. The molecule has 2 aliphatic carbocycles. The Bertz CT molecular complexity index is 1150. The predicted molar refractivity (Wildman–Crippen MR) is 117 cm³/mol. The SMILES string of the molecule is CS(=O)(=O)c1ccc(-c2cn[nH]c2[C@@H]2CCC(Cl)(Cl)C[C@H]2C(=O)NC2(C#N)CC2)cc1. The lowest BCUT2D eigenvalue weighted by atomic mass is 9.75. The van der Waals surface area contributed by atoms with E-state index in [9.17, 15) is 18.5 Å². The monoisotopic (exact) mass is 480 g/mol. The molecule has 0 radical (unpaired) electrons. The van der Waals surface area contributed by atoms with E-state index in [0.29, 0.717) is 25.7 Å². The fourth-order valence-corrected chi connectivity index (χ4v) is 5.34. The van der Waals surface area contributed by atoms with E-state index in [1.54, 1.807) is 30.5 Å². The minimum atomic E-state index is -3.30. The molecule has 4 rings (SSSR count). The number of hydrogen-bond donors (Lipinski definition) is 2. The molecule has 1 aromatic carbocycles. The van der Waals surface area contributed by atoms with Gasteiger partial charge in [0.25, 0.3) is 0 Å². The normalized spacial score (nSPS) is 24.2. The molecule has 1 amide bonds. The Morgan fingerprint density at radius 1 is 1.26 bits per heavy atom. The van der Waals surface area contributed by atoms with Gasteiger partial charge >= 0.3 is 0 Å². The van der Waals surface area contributed by atoms with Crippen LogP contribution in [0.3, 0.4) is 0 Å². The third kappa shape index (κ3) is 4.59. The molecule has 2 atom stereocenters. The van der Waals surface area contributed by atoms with Crippen LogP contribution in [0.15, 0.2) is 35.4 Å². The first kappa shape index (κ1) is 22.1. The van der Waals surface area contributed by atoms with Crippen LogP contribution >= 0.6 is 23.2 Å². The Morgan fingerprint density at radius 2 is 1.94 bits per heavy atom. The Balaban J connectivity index is 1.65. The van der Waals surface area contributed by atoms with E-state index in [-0.39, 0.29) is 23.1 Å². The molecular weight excluding hydrogens is 459 g/mol. The number of nitriles is 1. The maximum atomic E-state index is 13.1. The Morgan fingerprint density at radius 3 is 2.52 bits per heavy atom. The van der Waals surface area contributed by atoms with Gasteiger partial charge in [-0.25, -0.2) is 8.42 Å². The summed E-state index contributed by atoms with van der Waals surface area (Å²) in [6.45, 7) is 0. The average Bonchev–Trinajstić information content (AvgIpc) is 3.31. The topological polar surface area (TPSA) is 116 Å². The molecule has 2 aromatic rings. The van der Waals surface area contributed by atoms with Crippen molar-refractivity contribution in [3.05, 3.63) is 36.2 Å². The van der Waals surface area contributed by atoms with Crippen LogP contribution in [0, 0.1) is 17.2 Å². The van der Waals surface area contributed by atoms with Gasteiger partial charge in [-0.1, -0.05) is 12.1 Å². The first-order chi connectivity index (χ1) is 14.5. The number of carbonyl (C=O) groups excluding carboxylic acids is 1.